The van der Waals surface area contributed by atoms with Crippen LogP contribution in [-0.4, -0.2) is 19.6 Å². The third-order valence-corrected chi connectivity index (χ3v) is 7.36. The van der Waals surface area contributed by atoms with Gasteiger partial charge in [-0.25, -0.2) is 0 Å². The fourth-order valence-electron chi connectivity index (χ4n) is 4.98. The topological polar surface area (TPSA) is 69.0 Å². The number of carbonyl (C=O) groups excluding carboxylic acids is 1. The van der Waals surface area contributed by atoms with E-state index < -0.39 is 6.04 Å². The number of hydrogen-bond donors (Lipinski definition) is 0. The van der Waals surface area contributed by atoms with Crippen molar-refractivity contribution in [3.63, 3.8) is 0 Å². The molecule has 6 nitrogen and oxygen atoms in total. The first-order valence-corrected chi connectivity index (χ1v) is 13.7. The van der Waals surface area contributed by atoms with Gasteiger partial charge in [0.25, 0.3) is 5.91 Å². The van der Waals surface area contributed by atoms with Crippen LogP contribution in [0.5, 0.6) is 11.5 Å². The molecule has 0 N–H and O–H groups in total. The highest BCUT2D eigenvalue weighted by molar-refractivity contribution is 9.10. The average molecular weight is 576 g/mol. The van der Waals surface area contributed by atoms with E-state index in [1.807, 2.05) is 55.5 Å². The van der Waals surface area contributed by atoms with Gasteiger partial charge < -0.3 is 13.9 Å². The molecular weight excluding hydrogens is 546 g/mol. The number of rotatable bonds is 9. The number of halogens is 1. The number of amides is 1. The second-order valence-electron chi connectivity index (χ2n) is 9.55. The lowest BCUT2D eigenvalue weighted by molar-refractivity contribution is 0.0971. The molecule has 2 heterocycles. The zero-order valence-corrected chi connectivity index (χ0v) is 23.3. The first kappa shape index (κ1) is 26.0. The minimum absolute atomic E-state index is 0.0616. The molecule has 0 fully saturated rings. The molecule has 1 aliphatic rings. The van der Waals surface area contributed by atoms with Gasteiger partial charge in [-0.05, 0) is 61.4 Å². The van der Waals surface area contributed by atoms with Crippen LogP contribution in [0.4, 0.5) is 5.69 Å². The van der Waals surface area contributed by atoms with E-state index in [-0.39, 0.29) is 17.1 Å². The SMILES string of the molecule is CCCCCCOc1ccc(C2c3c(oc4ccc(C)cc4c3=O)C(=O)N2c2cccc(Br)c2)cc1OC. The Morgan fingerprint density at radius 3 is 2.58 bits per heavy atom. The predicted octanol–water partition coefficient (Wildman–Crippen LogP) is 7.58. The maximum Gasteiger partial charge on any atom is 0.295 e. The molecule has 0 radical (unpaired) electrons. The minimum atomic E-state index is -0.694. The summed E-state index contributed by atoms with van der Waals surface area (Å²) in [7, 11) is 1.59. The molecule has 0 saturated carbocycles. The van der Waals surface area contributed by atoms with E-state index in [1.54, 1.807) is 24.1 Å². The van der Waals surface area contributed by atoms with Gasteiger partial charge in [-0.3, -0.25) is 14.5 Å². The van der Waals surface area contributed by atoms with Crippen molar-refractivity contribution in [1.82, 2.24) is 0 Å². The quantitative estimate of drug-likeness (QED) is 0.192. The van der Waals surface area contributed by atoms with Crippen LogP contribution in [0.15, 0.2) is 74.3 Å². The average Bonchev–Trinajstić information content (AvgIpc) is 3.21. The van der Waals surface area contributed by atoms with Gasteiger partial charge in [0.05, 0.1) is 30.7 Å². The lowest BCUT2D eigenvalue weighted by Crippen LogP contribution is -2.29. The maximum absolute atomic E-state index is 13.9. The molecule has 0 aliphatic carbocycles. The third-order valence-electron chi connectivity index (χ3n) is 6.87. The van der Waals surface area contributed by atoms with Crippen LogP contribution >= 0.6 is 15.9 Å². The Bertz CT molecular complexity index is 1560. The van der Waals surface area contributed by atoms with E-state index in [0.29, 0.717) is 40.3 Å². The first-order valence-electron chi connectivity index (χ1n) is 12.9. The number of hydrogen-bond acceptors (Lipinski definition) is 5. The van der Waals surface area contributed by atoms with Gasteiger partial charge in [0.2, 0.25) is 5.76 Å². The molecule has 1 unspecified atom stereocenters. The van der Waals surface area contributed by atoms with Crippen LogP contribution in [0, 0.1) is 6.92 Å². The summed E-state index contributed by atoms with van der Waals surface area (Å²) < 4.78 is 18.6. The van der Waals surface area contributed by atoms with Crippen LogP contribution < -0.4 is 19.8 Å². The molecule has 0 spiro atoms. The Morgan fingerprint density at radius 1 is 0.974 bits per heavy atom. The van der Waals surface area contributed by atoms with E-state index in [2.05, 4.69) is 22.9 Å². The molecule has 1 aliphatic heterocycles. The molecular formula is C31H30BrNO5. The normalized spacial score (nSPS) is 14.7. The van der Waals surface area contributed by atoms with Crippen LogP contribution in [0.1, 0.15) is 65.9 Å². The van der Waals surface area contributed by atoms with Crippen molar-refractivity contribution in [3.8, 4) is 11.5 Å². The van der Waals surface area contributed by atoms with Gasteiger partial charge in [0, 0.05) is 10.2 Å². The highest BCUT2D eigenvalue weighted by atomic mass is 79.9. The Hall–Kier alpha value is -3.58. The monoisotopic (exact) mass is 575 g/mol. The number of unbranched alkanes of at least 4 members (excludes halogenated alkanes) is 3. The fraction of sp³-hybridized carbons (Fsp3) is 0.290. The van der Waals surface area contributed by atoms with Gasteiger partial charge in [-0.1, -0.05) is 65.9 Å². The number of nitrogens with zero attached hydrogens (tertiary/aromatic N) is 1. The Morgan fingerprint density at radius 2 is 1.82 bits per heavy atom. The second kappa shape index (κ2) is 11.0. The van der Waals surface area contributed by atoms with Crippen molar-refractivity contribution in [1.29, 1.82) is 0 Å². The summed E-state index contributed by atoms with van der Waals surface area (Å²) in [4.78, 5) is 29.3. The van der Waals surface area contributed by atoms with Crippen molar-refractivity contribution in [2.45, 2.75) is 45.6 Å². The summed E-state index contributed by atoms with van der Waals surface area (Å²) in [6.45, 7) is 4.70. The van der Waals surface area contributed by atoms with Crippen molar-refractivity contribution >= 4 is 38.5 Å². The van der Waals surface area contributed by atoms with Gasteiger partial charge >= 0.3 is 0 Å². The molecule has 0 saturated heterocycles. The predicted molar refractivity (Wildman–Crippen MR) is 153 cm³/mol. The van der Waals surface area contributed by atoms with Gasteiger partial charge in [0.1, 0.15) is 5.58 Å². The summed E-state index contributed by atoms with van der Waals surface area (Å²) >= 11 is 3.51. The molecule has 1 atom stereocenters. The van der Waals surface area contributed by atoms with E-state index >= 15 is 0 Å². The highest BCUT2D eigenvalue weighted by Crippen LogP contribution is 2.43. The van der Waals surface area contributed by atoms with Crippen molar-refractivity contribution in [2.75, 3.05) is 18.6 Å². The summed E-state index contributed by atoms with van der Waals surface area (Å²) in [5, 5.41) is 0.455. The standard InChI is InChI=1S/C31H30BrNO5/c1-4-5-6-7-15-37-25-14-12-20(17-26(25)36-3)28-27-29(34)23-16-19(2)11-13-24(23)38-30(27)31(35)33(28)22-10-8-9-21(32)18-22/h8-14,16-18,28H,4-7,15H2,1-3H3. The van der Waals surface area contributed by atoms with Crippen LogP contribution in [-0.2, 0) is 0 Å². The molecule has 3 aromatic carbocycles. The molecule has 7 heteroatoms. The van der Waals surface area contributed by atoms with Gasteiger partial charge in [0.15, 0.2) is 16.9 Å². The highest BCUT2D eigenvalue weighted by Gasteiger charge is 2.44. The fourth-order valence-corrected chi connectivity index (χ4v) is 5.37. The number of aryl methyl sites for hydroxylation is 1. The van der Waals surface area contributed by atoms with Crippen molar-refractivity contribution in [3.05, 3.63) is 97.8 Å². The number of carbonyl (C=O) groups is 1. The molecule has 0 bridgehead atoms. The molecule has 38 heavy (non-hydrogen) atoms. The van der Waals surface area contributed by atoms with Crippen LogP contribution in [0.2, 0.25) is 0 Å². The number of methoxy groups -OCH3 is 1. The Labute approximate surface area is 230 Å². The summed E-state index contributed by atoms with van der Waals surface area (Å²) in [5.74, 6) is 0.881. The lowest BCUT2D eigenvalue weighted by atomic mass is 9.97. The molecule has 1 aromatic heterocycles. The van der Waals surface area contributed by atoms with E-state index in [4.69, 9.17) is 13.9 Å². The van der Waals surface area contributed by atoms with Crippen molar-refractivity contribution < 1.29 is 18.7 Å². The van der Waals surface area contributed by atoms with Crippen LogP contribution in [0.3, 0.4) is 0 Å². The van der Waals surface area contributed by atoms with Gasteiger partial charge in [-0.15, -0.1) is 0 Å². The zero-order chi connectivity index (χ0) is 26.8. The molecule has 5 rings (SSSR count). The van der Waals surface area contributed by atoms with E-state index in [9.17, 15) is 9.59 Å². The third kappa shape index (κ3) is 4.83. The van der Waals surface area contributed by atoms with Gasteiger partial charge in [-0.2, -0.15) is 0 Å². The molecule has 1 amide bonds. The number of anilines is 1. The Balaban J connectivity index is 1.63. The Kier molecular flexibility index (Phi) is 7.56. The first-order chi connectivity index (χ1) is 18.4. The number of benzene rings is 3. The largest absolute Gasteiger partial charge is 0.493 e. The summed E-state index contributed by atoms with van der Waals surface area (Å²) in [6.07, 6.45) is 4.42. The maximum atomic E-state index is 13.9. The number of ether oxygens (including phenoxy) is 2. The zero-order valence-electron chi connectivity index (χ0n) is 21.8. The van der Waals surface area contributed by atoms with Crippen molar-refractivity contribution in [2.24, 2.45) is 0 Å². The molecule has 4 aromatic rings. The smallest absolute Gasteiger partial charge is 0.295 e. The summed E-state index contributed by atoms with van der Waals surface area (Å²) in [5.41, 5.74) is 2.82. The number of fused-ring (bicyclic) bond motifs is 2. The molecule has 196 valence electrons. The van der Waals surface area contributed by atoms with E-state index in [1.165, 1.54) is 6.42 Å². The second-order valence-corrected chi connectivity index (χ2v) is 10.5. The van der Waals surface area contributed by atoms with Crippen LogP contribution in [0.25, 0.3) is 11.0 Å². The summed E-state index contributed by atoms with van der Waals surface area (Å²) in [6, 6.07) is 17.8. The minimum Gasteiger partial charge on any atom is -0.493 e. The van der Waals surface area contributed by atoms with E-state index in [0.717, 1.165) is 34.9 Å². The lowest BCUT2D eigenvalue weighted by Gasteiger charge is -2.26.